The van der Waals surface area contributed by atoms with Gasteiger partial charge >= 0.3 is 0 Å². The van der Waals surface area contributed by atoms with Gasteiger partial charge in [0.05, 0.1) is 0 Å². The number of furan rings is 1. The highest BCUT2D eigenvalue weighted by Crippen LogP contribution is 2.23. The second-order valence-electron chi connectivity index (χ2n) is 4.57. The van der Waals surface area contributed by atoms with Crippen LogP contribution in [0.25, 0.3) is 11.0 Å². The summed E-state index contributed by atoms with van der Waals surface area (Å²) in [4.78, 5) is 12.1. The standard InChI is InChI=1S/C16H11Cl2NO2/c17-12-5-6-14-11(7-12)8-15(21-14)16(20)19-9-10-3-1-2-4-13(10)18/h1-8H,9H2,(H,19,20). The predicted octanol–water partition coefficient (Wildman–Crippen LogP) is 4.67. The molecule has 0 bridgehead atoms. The van der Waals surface area contributed by atoms with Crippen molar-refractivity contribution in [1.82, 2.24) is 5.32 Å². The van der Waals surface area contributed by atoms with Crippen molar-refractivity contribution in [2.45, 2.75) is 6.54 Å². The Balaban J connectivity index is 1.76. The molecule has 0 saturated heterocycles. The number of carbonyl (C=O) groups excluding carboxylic acids is 1. The minimum atomic E-state index is -0.290. The van der Waals surface area contributed by atoms with Gasteiger partial charge in [-0.2, -0.15) is 0 Å². The maximum Gasteiger partial charge on any atom is 0.287 e. The average Bonchev–Trinajstić information content (AvgIpc) is 2.89. The van der Waals surface area contributed by atoms with Crippen LogP contribution in [0.4, 0.5) is 0 Å². The van der Waals surface area contributed by atoms with Gasteiger partial charge in [-0.25, -0.2) is 0 Å². The summed E-state index contributed by atoms with van der Waals surface area (Å²) in [7, 11) is 0. The first-order chi connectivity index (χ1) is 10.1. The Morgan fingerprint density at radius 2 is 1.90 bits per heavy atom. The normalized spacial score (nSPS) is 10.8. The molecule has 21 heavy (non-hydrogen) atoms. The fourth-order valence-electron chi connectivity index (χ4n) is 2.03. The number of halogens is 2. The van der Waals surface area contributed by atoms with E-state index >= 15 is 0 Å². The van der Waals surface area contributed by atoms with Crippen molar-refractivity contribution in [2.24, 2.45) is 0 Å². The average molecular weight is 320 g/mol. The molecule has 0 unspecified atom stereocenters. The van der Waals surface area contributed by atoms with E-state index < -0.39 is 0 Å². The molecule has 1 amide bonds. The fraction of sp³-hybridized carbons (Fsp3) is 0.0625. The maximum absolute atomic E-state index is 12.1. The Bertz CT molecular complexity index is 811. The van der Waals surface area contributed by atoms with E-state index in [9.17, 15) is 4.79 Å². The zero-order valence-electron chi connectivity index (χ0n) is 10.9. The van der Waals surface area contributed by atoms with Crippen molar-refractivity contribution in [2.75, 3.05) is 0 Å². The lowest BCUT2D eigenvalue weighted by atomic mass is 10.2. The predicted molar refractivity (Wildman–Crippen MR) is 83.8 cm³/mol. The molecule has 0 saturated carbocycles. The number of carbonyl (C=O) groups is 1. The minimum Gasteiger partial charge on any atom is -0.451 e. The fourth-order valence-corrected chi connectivity index (χ4v) is 2.41. The summed E-state index contributed by atoms with van der Waals surface area (Å²) in [5.74, 6) is -0.0402. The number of benzene rings is 2. The van der Waals surface area contributed by atoms with Crippen LogP contribution in [0, 0.1) is 0 Å². The lowest BCUT2D eigenvalue weighted by Crippen LogP contribution is -2.22. The number of fused-ring (bicyclic) bond motifs is 1. The van der Waals surface area contributed by atoms with Crippen LogP contribution >= 0.6 is 23.2 Å². The van der Waals surface area contributed by atoms with Gasteiger partial charge in [0.2, 0.25) is 0 Å². The molecule has 3 aromatic rings. The number of hydrogen-bond donors (Lipinski definition) is 1. The number of nitrogens with one attached hydrogen (secondary N) is 1. The van der Waals surface area contributed by atoms with Gasteiger partial charge in [0.1, 0.15) is 5.58 Å². The molecule has 106 valence electrons. The van der Waals surface area contributed by atoms with Crippen molar-refractivity contribution in [1.29, 1.82) is 0 Å². The van der Waals surface area contributed by atoms with Gasteiger partial charge in [-0.1, -0.05) is 41.4 Å². The second-order valence-corrected chi connectivity index (χ2v) is 5.41. The molecular weight excluding hydrogens is 309 g/mol. The molecule has 0 fully saturated rings. The topological polar surface area (TPSA) is 42.2 Å². The van der Waals surface area contributed by atoms with Gasteiger partial charge in [0.15, 0.2) is 5.76 Å². The minimum absolute atomic E-state index is 0.249. The van der Waals surface area contributed by atoms with Gasteiger partial charge < -0.3 is 9.73 Å². The Labute approximate surface area is 131 Å². The lowest BCUT2D eigenvalue weighted by molar-refractivity contribution is 0.0925. The van der Waals surface area contributed by atoms with Crippen LogP contribution in [0.2, 0.25) is 10.0 Å². The zero-order valence-corrected chi connectivity index (χ0v) is 12.4. The van der Waals surface area contributed by atoms with Crippen LogP contribution in [0.3, 0.4) is 0 Å². The quantitative estimate of drug-likeness (QED) is 0.762. The van der Waals surface area contributed by atoms with Gasteiger partial charge in [-0.05, 0) is 35.9 Å². The van der Waals surface area contributed by atoms with E-state index in [-0.39, 0.29) is 11.7 Å². The van der Waals surface area contributed by atoms with Crippen molar-refractivity contribution < 1.29 is 9.21 Å². The highest BCUT2D eigenvalue weighted by Gasteiger charge is 2.12. The summed E-state index contributed by atoms with van der Waals surface area (Å²) in [6.45, 7) is 0.344. The third kappa shape index (κ3) is 3.04. The Morgan fingerprint density at radius 3 is 2.71 bits per heavy atom. The smallest absolute Gasteiger partial charge is 0.287 e. The van der Waals surface area contributed by atoms with E-state index in [2.05, 4.69) is 5.32 Å². The monoisotopic (exact) mass is 319 g/mol. The van der Waals surface area contributed by atoms with Gasteiger partial charge in [0.25, 0.3) is 5.91 Å². The van der Waals surface area contributed by atoms with Gasteiger partial charge in [-0.15, -0.1) is 0 Å². The summed E-state index contributed by atoms with van der Waals surface area (Å²) in [6, 6.07) is 14.2. The van der Waals surface area contributed by atoms with Crippen LogP contribution in [0.5, 0.6) is 0 Å². The molecule has 2 aromatic carbocycles. The molecule has 1 N–H and O–H groups in total. The SMILES string of the molecule is O=C(NCc1ccccc1Cl)c1cc2cc(Cl)ccc2o1. The van der Waals surface area contributed by atoms with E-state index in [1.54, 1.807) is 30.3 Å². The molecule has 0 aliphatic rings. The third-order valence-electron chi connectivity index (χ3n) is 3.10. The highest BCUT2D eigenvalue weighted by molar-refractivity contribution is 6.31. The number of amides is 1. The molecule has 0 atom stereocenters. The van der Waals surface area contributed by atoms with Crippen LogP contribution < -0.4 is 5.32 Å². The Kier molecular flexibility index (Phi) is 3.86. The highest BCUT2D eigenvalue weighted by atomic mass is 35.5. The van der Waals surface area contributed by atoms with E-state index in [4.69, 9.17) is 27.6 Å². The summed E-state index contributed by atoms with van der Waals surface area (Å²) in [5, 5.41) is 4.80. The molecule has 0 aliphatic carbocycles. The summed E-state index contributed by atoms with van der Waals surface area (Å²) in [5.41, 5.74) is 1.48. The first kappa shape index (κ1) is 14.0. The molecule has 5 heteroatoms. The number of rotatable bonds is 3. The van der Waals surface area contributed by atoms with Gasteiger partial charge in [0, 0.05) is 22.0 Å². The van der Waals surface area contributed by atoms with Crippen molar-refractivity contribution in [3.05, 3.63) is 69.9 Å². The van der Waals surface area contributed by atoms with Crippen molar-refractivity contribution >= 4 is 40.1 Å². The molecule has 1 heterocycles. The molecule has 0 radical (unpaired) electrons. The first-order valence-electron chi connectivity index (χ1n) is 6.34. The van der Waals surface area contributed by atoms with E-state index in [0.717, 1.165) is 10.9 Å². The third-order valence-corrected chi connectivity index (χ3v) is 3.70. The van der Waals surface area contributed by atoms with Gasteiger partial charge in [-0.3, -0.25) is 4.79 Å². The molecule has 3 nitrogen and oxygen atoms in total. The van der Waals surface area contributed by atoms with Crippen LogP contribution in [0.1, 0.15) is 16.1 Å². The van der Waals surface area contributed by atoms with Crippen molar-refractivity contribution in [3.8, 4) is 0 Å². The Hall–Kier alpha value is -1.97. The number of hydrogen-bond acceptors (Lipinski definition) is 2. The maximum atomic E-state index is 12.1. The molecule has 3 rings (SSSR count). The molecular formula is C16H11Cl2NO2. The largest absolute Gasteiger partial charge is 0.451 e. The second kappa shape index (κ2) is 5.80. The first-order valence-corrected chi connectivity index (χ1v) is 7.10. The summed E-state index contributed by atoms with van der Waals surface area (Å²) >= 11 is 12.0. The van der Waals surface area contributed by atoms with Crippen LogP contribution in [-0.2, 0) is 6.54 Å². The Morgan fingerprint density at radius 1 is 1.10 bits per heavy atom. The van der Waals surface area contributed by atoms with Crippen LogP contribution in [0.15, 0.2) is 52.9 Å². The van der Waals surface area contributed by atoms with E-state index in [1.807, 2.05) is 18.2 Å². The van der Waals surface area contributed by atoms with E-state index in [1.165, 1.54) is 0 Å². The van der Waals surface area contributed by atoms with E-state index in [0.29, 0.717) is 22.2 Å². The molecule has 0 spiro atoms. The zero-order chi connectivity index (χ0) is 14.8. The summed E-state index contributed by atoms with van der Waals surface area (Å²) < 4.78 is 5.50. The lowest BCUT2D eigenvalue weighted by Gasteiger charge is -2.04. The molecule has 1 aromatic heterocycles. The molecule has 0 aliphatic heterocycles. The van der Waals surface area contributed by atoms with Crippen molar-refractivity contribution in [3.63, 3.8) is 0 Å². The summed E-state index contributed by atoms with van der Waals surface area (Å²) in [6.07, 6.45) is 0. The van der Waals surface area contributed by atoms with Crippen LogP contribution in [-0.4, -0.2) is 5.91 Å².